The zero-order valence-electron chi connectivity index (χ0n) is 18.9. The molecule has 0 bridgehead atoms. The number of halogens is 1. The lowest BCUT2D eigenvalue weighted by Gasteiger charge is -2.44. The number of fused-ring (bicyclic) bond motifs is 1. The van der Waals surface area contributed by atoms with E-state index in [4.69, 9.17) is 4.74 Å². The molecule has 3 atom stereocenters. The molecule has 5 nitrogen and oxygen atoms in total. The quantitative estimate of drug-likeness (QED) is 0.579. The van der Waals surface area contributed by atoms with E-state index in [1.807, 2.05) is 23.6 Å². The zero-order chi connectivity index (χ0) is 22.0. The fourth-order valence-corrected chi connectivity index (χ4v) is 6.10. The van der Waals surface area contributed by atoms with Gasteiger partial charge < -0.3 is 4.74 Å². The SMILES string of the molecule is CCC1CC(OCC2=C(F)CCC=C2)CC(C)N1CCc1c(C)nc2n(c1=O)CCS2. The first-order valence-corrected chi connectivity index (χ1v) is 12.6. The summed E-state index contributed by atoms with van der Waals surface area (Å²) < 4.78 is 22.0. The van der Waals surface area contributed by atoms with Crippen molar-refractivity contribution in [3.05, 3.63) is 45.2 Å². The van der Waals surface area contributed by atoms with E-state index in [1.165, 1.54) is 0 Å². The third-order valence-corrected chi connectivity index (χ3v) is 7.87. The summed E-state index contributed by atoms with van der Waals surface area (Å²) >= 11 is 1.67. The lowest BCUT2D eigenvalue weighted by molar-refractivity contribution is -0.0310. The maximum atomic E-state index is 14.0. The third kappa shape index (κ3) is 4.99. The highest BCUT2D eigenvalue weighted by atomic mass is 32.2. The molecule has 4 rings (SSSR count). The molecule has 1 aromatic heterocycles. The van der Waals surface area contributed by atoms with Gasteiger partial charge in [0.2, 0.25) is 0 Å². The van der Waals surface area contributed by atoms with E-state index in [2.05, 4.69) is 23.7 Å². The molecular weight excluding hydrogens is 413 g/mol. The van der Waals surface area contributed by atoms with E-state index in [1.54, 1.807) is 11.8 Å². The number of thioether (sulfide) groups is 1. The molecule has 0 amide bonds. The van der Waals surface area contributed by atoms with Crippen LogP contribution in [0.5, 0.6) is 0 Å². The monoisotopic (exact) mass is 447 g/mol. The number of ether oxygens (including phenoxy) is 1. The fraction of sp³-hybridized carbons (Fsp3) is 0.667. The van der Waals surface area contributed by atoms with Gasteiger partial charge >= 0.3 is 0 Å². The molecule has 1 fully saturated rings. The second kappa shape index (κ2) is 10.0. The van der Waals surface area contributed by atoms with Crippen LogP contribution in [-0.2, 0) is 17.7 Å². The highest BCUT2D eigenvalue weighted by Crippen LogP contribution is 2.29. The van der Waals surface area contributed by atoms with E-state index in [0.29, 0.717) is 30.7 Å². The summed E-state index contributed by atoms with van der Waals surface area (Å²) in [6.45, 7) is 8.42. The van der Waals surface area contributed by atoms with Gasteiger partial charge in [0.25, 0.3) is 5.56 Å². The molecule has 0 spiro atoms. The van der Waals surface area contributed by atoms with Gasteiger partial charge in [0, 0.05) is 54.2 Å². The Balaban J connectivity index is 1.38. The normalized spacial score (nSPS) is 26.5. The molecule has 1 aliphatic carbocycles. The Morgan fingerprint density at radius 2 is 2.19 bits per heavy atom. The topological polar surface area (TPSA) is 47.4 Å². The van der Waals surface area contributed by atoms with Gasteiger partial charge in [-0.3, -0.25) is 14.3 Å². The molecule has 1 aromatic rings. The van der Waals surface area contributed by atoms with E-state index in [9.17, 15) is 9.18 Å². The Morgan fingerprint density at radius 1 is 1.35 bits per heavy atom. The predicted molar refractivity (Wildman–Crippen MR) is 123 cm³/mol. The summed E-state index contributed by atoms with van der Waals surface area (Å²) in [5.74, 6) is 0.910. The molecule has 31 heavy (non-hydrogen) atoms. The summed E-state index contributed by atoms with van der Waals surface area (Å²) in [5.41, 5.74) is 2.58. The second-order valence-corrected chi connectivity index (χ2v) is 10.0. The van der Waals surface area contributed by atoms with Crippen LogP contribution in [0.15, 0.2) is 33.5 Å². The van der Waals surface area contributed by atoms with Gasteiger partial charge in [-0.2, -0.15) is 0 Å². The summed E-state index contributed by atoms with van der Waals surface area (Å²) in [5, 5.41) is 0.864. The van der Waals surface area contributed by atoms with Crippen LogP contribution in [0.4, 0.5) is 4.39 Å². The van der Waals surface area contributed by atoms with Crippen LogP contribution in [0.25, 0.3) is 0 Å². The van der Waals surface area contributed by atoms with Crippen LogP contribution < -0.4 is 5.56 Å². The standard InChI is InChI=1S/C24H34FN3O2S/c1-4-19-14-20(30-15-18-7-5-6-8-22(18)25)13-16(2)27(19)10-9-21-17(3)26-24-28(23(21)29)11-12-31-24/h5,7,16,19-20H,4,6,8-15H2,1-3H3. The van der Waals surface area contributed by atoms with Crippen LogP contribution in [0.1, 0.15) is 57.2 Å². The van der Waals surface area contributed by atoms with Gasteiger partial charge in [-0.25, -0.2) is 9.37 Å². The highest BCUT2D eigenvalue weighted by Gasteiger charge is 2.33. The number of hydrogen-bond acceptors (Lipinski definition) is 5. The first kappa shape index (κ1) is 22.7. The summed E-state index contributed by atoms with van der Waals surface area (Å²) in [7, 11) is 0. The zero-order valence-corrected chi connectivity index (χ0v) is 19.7. The fourth-order valence-electron chi connectivity index (χ4n) is 5.11. The number of hydrogen-bond donors (Lipinski definition) is 0. The number of likely N-dealkylation sites (tertiary alicyclic amines) is 1. The lowest BCUT2D eigenvalue weighted by Crippen LogP contribution is -2.51. The number of aromatic nitrogens is 2. The van der Waals surface area contributed by atoms with Crippen molar-refractivity contribution in [3.8, 4) is 0 Å². The molecule has 1 saturated heterocycles. The van der Waals surface area contributed by atoms with Crippen molar-refractivity contribution >= 4 is 11.8 Å². The second-order valence-electron chi connectivity index (χ2n) is 8.94. The van der Waals surface area contributed by atoms with Crippen LogP contribution in [-0.4, -0.2) is 51.5 Å². The van der Waals surface area contributed by atoms with Crippen molar-refractivity contribution in [2.45, 2.75) is 89.2 Å². The van der Waals surface area contributed by atoms with E-state index in [0.717, 1.165) is 67.4 Å². The van der Waals surface area contributed by atoms with E-state index in [-0.39, 0.29) is 17.5 Å². The van der Waals surface area contributed by atoms with Crippen LogP contribution in [0.2, 0.25) is 0 Å². The van der Waals surface area contributed by atoms with E-state index >= 15 is 0 Å². The molecule has 7 heteroatoms. The lowest BCUT2D eigenvalue weighted by atomic mass is 9.91. The molecule has 3 unspecified atom stereocenters. The largest absolute Gasteiger partial charge is 0.373 e. The molecule has 0 aromatic carbocycles. The Hall–Kier alpha value is -1.44. The van der Waals surface area contributed by atoms with Gasteiger partial charge in [-0.1, -0.05) is 30.8 Å². The number of aryl methyl sites for hydroxylation is 1. The minimum absolute atomic E-state index is 0.0250. The Morgan fingerprint density at radius 3 is 2.97 bits per heavy atom. The minimum atomic E-state index is -0.0250. The molecular formula is C24H34FN3O2S. The maximum Gasteiger partial charge on any atom is 0.257 e. The van der Waals surface area contributed by atoms with Crippen molar-refractivity contribution in [3.63, 3.8) is 0 Å². The van der Waals surface area contributed by atoms with Crippen molar-refractivity contribution < 1.29 is 9.13 Å². The number of allylic oxidation sites excluding steroid dienone is 2. The molecule has 170 valence electrons. The van der Waals surface area contributed by atoms with Gasteiger partial charge in [0.15, 0.2) is 5.16 Å². The van der Waals surface area contributed by atoms with Gasteiger partial charge in [-0.15, -0.1) is 0 Å². The Bertz CT molecular complexity index is 926. The van der Waals surface area contributed by atoms with Crippen LogP contribution in [0.3, 0.4) is 0 Å². The predicted octanol–water partition coefficient (Wildman–Crippen LogP) is 4.42. The molecule has 3 aliphatic rings. The average Bonchev–Trinajstić information content (AvgIpc) is 3.22. The minimum Gasteiger partial charge on any atom is -0.373 e. The van der Waals surface area contributed by atoms with Crippen molar-refractivity contribution in [2.75, 3.05) is 18.9 Å². The van der Waals surface area contributed by atoms with Crippen molar-refractivity contribution in [2.24, 2.45) is 0 Å². The number of piperidine rings is 1. The van der Waals surface area contributed by atoms with Crippen molar-refractivity contribution in [1.82, 2.24) is 14.5 Å². The Kier molecular flexibility index (Phi) is 7.34. The van der Waals surface area contributed by atoms with Crippen LogP contribution in [0, 0.1) is 6.92 Å². The summed E-state index contributed by atoms with van der Waals surface area (Å²) in [6.07, 6.45) is 9.00. The number of rotatable bonds is 7. The van der Waals surface area contributed by atoms with Crippen LogP contribution >= 0.6 is 11.8 Å². The van der Waals surface area contributed by atoms with Gasteiger partial charge in [-0.05, 0) is 46.0 Å². The number of nitrogens with zero attached hydrogens (tertiary/aromatic N) is 3. The van der Waals surface area contributed by atoms with Gasteiger partial charge in [0.05, 0.1) is 12.7 Å². The average molecular weight is 448 g/mol. The molecule has 3 heterocycles. The summed E-state index contributed by atoms with van der Waals surface area (Å²) in [6, 6.07) is 0.779. The maximum absolute atomic E-state index is 14.0. The van der Waals surface area contributed by atoms with Gasteiger partial charge in [0.1, 0.15) is 5.83 Å². The highest BCUT2D eigenvalue weighted by molar-refractivity contribution is 7.99. The first-order chi connectivity index (χ1) is 15.0. The van der Waals surface area contributed by atoms with Crippen molar-refractivity contribution in [1.29, 1.82) is 0 Å². The van der Waals surface area contributed by atoms with E-state index < -0.39 is 0 Å². The first-order valence-electron chi connectivity index (χ1n) is 11.6. The molecule has 0 radical (unpaired) electrons. The molecule has 2 aliphatic heterocycles. The summed E-state index contributed by atoms with van der Waals surface area (Å²) in [4.78, 5) is 20.1. The smallest absolute Gasteiger partial charge is 0.257 e. The molecule has 0 saturated carbocycles. The molecule has 0 N–H and O–H groups in total. The Labute approximate surface area is 188 Å². The third-order valence-electron chi connectivity index (χ3n) is 6.92.